The zero-order chi connectivity index (χ0) is 12.8. The van der Waals surface area contributed by atoms with Crippen molar-refractivity contribution in [2.45, 2.75) is 26.7 Å². The van der Waals surface area contributed by atoms with Gasteiger partial charge in [-0.15, -0.1) is 0 Å². The first-order chi connectivity index (χ1) is 8.93. The highest BCUT2D eigenvalue weighted by atomic mass is 14.7. The van der Waals surface area contributed by atoms with Gasteiger partial charge >= 0.3 is 0 Å². The Labute approximate surface area is 109 Å². The van der Waals surface area contributed by atoms with E-state index in [1.54, 1.807) is 0 Å². The van der Waals surface area contributed by atoms with Crippen molar-refractivity contribution in [1.29, 1.82) is 0 Å². The van der Waals surface area contributed by atoms with E-state index in [0.29, 0.717) is 0 Å². The Balaban J connectivity index is 0.000000574. The Morgan fingerprint density at radius 3 is 2.44 bits per heavy atom. The second-order valence-electron chi connectivity index (χ2n) is 4.07. The highest BCUT2D eigenvalue weighted by molar-refractivity contribution is 5.72. The molecule has 0 bridgehead atoms. The summed E-state index contributed by atoms with van der Waals surface area (Å²) in [7, 11) is 0. The molecule has 0 unspecified atom stereocenters. The summed E-state index contributed by atoms with van der Waals surface area (Å²) >= 11 is 0. The van der Waals surface area contributed by atoms with Crippen LogP contribution in [0.2, 0.25) is 0 Å². The lowest BCUT2D eigenvalue weighted by atomic mass is 9.96. The van der Waals surface area contributed by atoms with Crippen LogP contribution in [0.1, 0.15) is 36.2 Å². The minimum absolute atomic E-state index is 1.03. The van der Waals surface area contributed by atoms with E-state index in [4.69, 9.17) is 0 Å². The number of hydrogen-bond acceptors (Lipinski definition) is 1. The van der Waals surface area contributed by atoms with E-state index in [-0.39, 0.29) is 0 Å². The van der Waals surface area contributed by atoms with Crippen LogP contribution in [0.15, 0.2) is 42.6 Å². The Bertz CT molecular complexity index is 491. The number of rotatable bonds is 0. The summed E-state index contributed by atoms with van der Waals surface area (Å²) in [5.41, 5.74) is 5.19. The standard InChI is InChI=1S/C15H13N.C2H6/c1-2-5-13-9-10-15-14(6-3-11-16-15)8-7-12(13)4-1;1-2/h1-8,11H,9-10H2;1-2H3/b8-7-;. The molecule has 18 heavy (non-hydrogen) atoms. The van der Waals surface area contributed by atoms with Crippen LogP contribution in [-0.2, 0) is 12.8 Å². The van der Waals surface area contributed by atoms with E-state index in [1.807, 2.05) is 26.1 Å². The van der Waals surface area contributed by atoms with Gasteiger partial charge in [0.15, 0.2) is 0 Å². The third-order valence-electron chi connectivity index (χ3n) is 3.05. The second-order valence-corrected chi connectivity index (χ2v) is 4.07. The molecule has 1 heteroatoms. The number of fused-ring (bicyclic) bond motifs is 2. The van der Waals surface area contributed by atoms with Gasteiger partial charge in [0.2, 0.25) is 0 Å². The fourth-order valence-corrected chi connectivity index (χ4v) is 2.17. The Morgan fingerprint density at radius 1 is 0.833 bits per heavy atom. The molecule has 0 aliphatic heterocycles. The van der Waals surface area contributed by atoms with Crippen LogP contribution in [0.3, 0.4) is 0 Å². The molecule has 0 saturated carbocycles. The molecule has 1 heterocycles. The van der Waals surface area contributed by atoms with Gasteiger partial charge in [-0.05, 0) is 35.6 Å². The van der Waals surface area contributed by atoms with Crippen molar-refractivity contribution < 1.29 is 0 Å². The summed E-state index contributed by atoms with van der Waals surface area (Å²) < 4.78 is 0. The number of hydrogen-bond donors (Lipinski definition) is 0. The van der Waals surface area contributed by atoms with E-state index >= 15 is 0 Å². The van der Waals surface area contributed by atoms with Gasteiger partial charge in [-0.1, -0.05) is 56.3 Å². The van der Waals surface area contributed by atoms with Crippen molar-refractivity contribution in [2.24, 2.45) is 0 Å². The van der Waals surface area contributed by atoms with Gasteiger partial charge in [-0.2, -0.15) is 0 Å². The summed E-state index contributed by atoms with van der Waals surface area (Å²) in [6, 6.07) is 12.7. The number of nitrogens with zero attached hydrogens (tertiary/aromatic N) is 1. The molecule has 1 aromatic heterocycles. The molecule has 3 rings (SSSR count). The van der Waals surface area contributed by atoms with E-state index in [2.05, 4.69) is 47.5 Å². The zero-order valence-corrected chi connectivity index (χ0v) is 11.1. The van der Waals surface area contributed by atoms with Gasteiger partial charge in [-0.25, -0.2) is 0 Å². The summed E-state index contributed by atoms with van der Waals surface area (Å²) in [5, 5.41) is 0. The maximum absolute atomic E-state index is 4.44. The third-order valence-corrected chi connectivity index (χ3v) is 3.05. The van der Waals surface area contributed by atoms with Gasteiger partial charge < -0.3 is 0 Å². The van der Waals surface area contributed by atoms with E-state index < -0.39 is 0 Å². The first kappa shape index (κ1) is 12.6. The SMILES string of the molecule is C1=C\c2cccnc2CCc2ccccc2/1.CC. The maximum atomic E-state index is 4.44. The molecule has 1 aromatic carbocycles. The molecule has 0 spiro atoms. The fraction of sp³-hybridized carbons (Fsp3) is 0.235. The molecule has 92 valence electrons. The van der Waals surface area contributed by atoms with Gasteiger partial charge in [0.05, 0.1) is 0 Å². The molecule has 0 N–H and O–H groups in total. The van der Waals surface area contributed by atoms with Crippen molar-refractivity contribution in [2.75, 3.05) is 0 Å². The molecule has 1 nitrogen and oxygen atoms in total. The average Bonchev–Trinajstić information content (AvgIpc) is 2.44. The lowest BCUT2D eigenvalue weighted by molar-refractivity contribution is 0.906. The van der Waals surface area contributed by atoms with E-state index in [1.165, 1.54) is 22.4 Å². The third kappa shape index (κ3) is 2.67. The van der Waals surface area contributed by atoms with Crippen LogP contribution in [0.4, 0.5) is 0 Å². The molecule has 0 atom stereocenters. The molecule has 2 aromatic rings. The van der Waals surface area contributed by atoms with Crippen LogP contribution in [0.25, 0.3) is 12.2 Å². The van der Waals surface area contributed by atoms with Gasteiger partial charge in [0.1, 0.15) is 0 Å². The minimum Gasteiger partial charge on any atom is -0.261 e. The van der Waals surface area contributed by atoms with Crippen molar-refractivity contribution >= 4 is 12.2 Å². The van der Waals surface area contributed by atoms with E-state index in [0.717, 1.165) is 12.8 Å². The number of aromatic nitrogens is 1. The zero-order valence-electron chi connectivity index (χ0n) is 11.1. The van der Waals surface area contributed by atoms with Crippen molar-refractivity contribution in [1.82, 2.24) is 4.98 Å². The number of aryl methyl sites for hydroxylation is 2. The Kier molecular flexibility index (Phi) is 4.30. The first-order valence-electron chi connectivity index (χ1n) is 6.63. The van der Waals surface area contributed by atoms with Crippen LogP contribution in [0.5, 0.6) is 0 Å². The fourth-order valence-electron chi connectivity index (χ4n) is 2.17. The van der Waals surface area contributed by atoms with Crippen molar-refractivity contribution in [3.05, 3.63) is 65.0 Å². The second kappa shape index (κ2) is 6.15. The summed E-state index contributed by atoms with van der Waals surface area (Å²) in [4.78, 5) is 4.44. The normalized spacial score (nSPS) is 14.1. The van der Waals surface area contributed by atoms with Gasteiger partial charge in [0.25, 0.3) is 0 Å². The van der Waals surface area contributed by atoms with Crippen LogP contribution >= 0.6 is 0 Å². The van der Waals surface area contributed by atoms with Crippen molar-refractivity contribution in [3.8, 4) is 0 Å². The average molecular weight is 237 g/mol. The summed E-state index contributed by atoms with van der Waals surface area (Å²) in [6.45, 7) is 4.00. The smallest absolute Gasteiger partial charge is 0.0479 e. The highest BCUT2D eigenvalue weighted by Gasteiger charge is 2.06. The molecule has 0 saturated heterocycles. The molecule has 1 aliphatic carbocycles. The maximum Gasteiger partial charge on any atom is 0.0479 e. The molecular formula is C17H19N. The van der Waals surface area contributed by atoms with Gasteiger partial charge in [-0.3, -0.25) is 4.98 Å². The van der Waals surface area contributed by atoms with Crippen LogP contribution in [-0.4, -0.2) is 4.98 Å². The molecule has 0 amide bonds. The minimum atomic E-state index is 1.03. The number of pyridine rings is 1. The highest BCUT2D eigenvalue weighted by Crippen LogP contribution is 2.20. The van der Waals surface area contributed by atoms with Crippen LogP contribution in [0, 0.1) is 0 Å². The predicted octanol–water partition coefficient (Wildman–Crippen LogP) is 4.38. The van der Waals surface area contributed by atoms with E-state index in [9.17, 15) is 0 Å². The Hall–Kier alpha value is -1.89. The lowest BCUT2D eigenvalue weighted by Crippen LogP contribution is -2.00. The Morgan fingerprint density at radius 2 is 1.56 bits per heavy atom. The summed E-state index contributed by atoms with van der Waals surface area (Å²) in [5.74, 6) is 0. The molecule has 1 aliphatic rings. The monoisotopic (exact) mass is 237 g/mol. The topological polar surface area (TPSA) is 12.9 Å². The lowest BCUT2D eigenvalue weighted by Gasteiger charge is -2.11. The summed E-state index contributed by atoms with van der Waals surface area (Å²) in [6.07, 6.45) is 8.33. The van der Waals surface area contributed by atoms with Crippen LogP contribution < -0.4 is 0 Å². The van der Waals surface area contributed by atoms with Gasteiger partial charge in [0, 0.05) is 11.9 Å². The first-order valence-corrected chi connectivity index (χ1v) is 6.63. The van der Waals surface area contributed by atoms with Crippen molar-refractivity contribution in [3.63, 3.8) is 0 Å². The molecular weight excluding hydrogens is 218 g/mol. The largest absolute Gasteiger partial charge is 0.261 e. The quantitative estimate of drug-likeness (QED) is 0.662. The predicted molar refractivity (Wildman–Crippen MR) is 78.4 cm³/mol. The molecule has 0 fully saturated rings. The number of benzene rings is 1. The molecule has 0 radical (unpaired) electrons.